The van der Waals surface area contributed by atoms with E-state index in [0.717, 1.165) is 28.4 Å². The van der Waals surface area contributed by atoms with Crippen LogP contribution in [0, 0.1) is 0 Å². The molecule has 0 fully saturated rings. The third-order valence-electron chi connectivity index (χ3n) is 6.49. The van der Waals surface area contributed by atoms with Crippen molar-refractivity contribution in [2.75, 3.05) is 45.7 Å². The molecule has 4 aromatic carbocycles. The van der Waals surface area contributed by atoms with Crippen LogP contribution in [0.4, 0.5) is 0 Å². The minimum atomic E-state index is -3.32. The van der Waals surface area contributed by atoms with Gasteiger partial charge in [-0.3, -0.25) is 4.90 Å². The maximum Gasteiger partial charge on any atom is 0.329 e. The molecule has 0 bridgehead atoms. The number of ether oxygens (including phenoxy) is 3. The van der Waals surface area contributed by atoms with Crippen molar-refractivity contribution in [3.8, 4) is 34.1 Å². The molecule has 4 rings (SSSR count). The average molecular weight is 580 g/mol. The van der Waals surface area contributed by atoms with Gasteiger partial charge in [-0.25, -0.2) is 13.2 Å². The molecule has 41 heavy (non-hydrogen) atoms. The zero-order chi connectivity index (χ0) is 29.4. The van der Waals surface area contributed by atoms with Gasteiger partial charge in [-0.15, -0.1) is 0 Å². The van der Waals surface area contributed by atoms with Crippen LogP contribution in [-0.4, -0.2) is 75.2 Å². The molecule has 0 radical (unpaired) electrons. The normalized spacial score (nSPS) is 11.6. The number of carbonyl (C=O) groups is 1. The summed E-state index contributed by atoms with van der Waals surface area (Å²) in [4.78, 5) is 12.9. The van der Waals surface area contributed by atoms with Gasteiger partial charge in [-0.05, 0) is 78.2 Å². The van der Waals surface area contributed by atoms with E-state index in [4.69, 9.17) is 19.3 Å². The molecule has 4 aromatic rings. The lowest BCUT2D eigenvalue weighted by molar-refractivity contribution is -0.142. The predicted octanol–water partition coefficient (Wildman–Crippen LogP) is 5.21. The third kappa shape index (κ3) is 8.20. The van der Waals surface area contributed by atoms with Gasteiger partial charge in [0, 0.05) is 30.3 Å². The first-order valence-corrected chi connectivity index (χ1v) is 15.0. The van der Waals surface area contributed by atoms with Crippen molar-refractivity contribution in [2.24, 2.45) is 0 Å². The van der Waals surface area contributed by atoms with Gasteiger partial charge in [0.2, 0.25) is 0 Å². The number of phenols is 1. The van der Waals surface area contributed by atoms with E-state index in [1.54, 1.807) is 42.5 Å². The molecular weight excluding hydrogens is 546 g/mol. The van der Waals surface area contributed by atoms with E-state index < -0.39 is 15.8 Å². The summed E-state index contributed by atoms with van der Waals surface area (Å²) < 4.78 is 41.2. The van der Waals surface area contributed by atoms with Crippen molar-refractivity contribution < 1.29 is 37.6 Å². The summed E-state index contributed by atoms with van der Waals surface area (Å²) in [7, 11) is -3.32. The number of hydrogen-bond acceptors (Lipinski definition) is 8. The zero-order valence-corrected chi connectivity index (χ0v) is 23.8. The number of benzene rings is 4. The van der Waals surface area contributed by atoms with Crippen molar-refractivity contribution >= 4 is 26.6 Å². The highest BCUT2D eigenvalue weighted by Crippen LogP contribution is 2.41. The Balaban J connectivity index is 1.48. The highest BCUT2D eigenvalue weighted by molar-refractivity contribution is 7.90. The number of carboxylic acid groups (broad SMARTS) is 1. The second-order valence-electron chi connectivity index (χ2n) is 9.45. The van der Waals surface area contributed by atoms with Crippen LogP contribution < -0.4 is 9.47 Å². The maximum absolute atomic E-state index is 11.9. The number of sulfone groups is 1. The number of phenolic OH excluding ortho intramolecular Hbond substituents is 1. The van der Waals surface area contributed by atoms with Gasteiger partial charge in [-0.2, -0.15) is 0 Å². The van der Waals surface area contributed by atoms with Gasteiger partial charge < -0.3 is 24.4 Å². The third-order valence-corrected chi connectivity index (χ3v) is 7.62. The molecule has 0 saturated heterocycles. The summed E-state index contributed by atoms with van der Waals surface area (Å²) in [5.74, 6) is 0.993. The number of nitrogens with zero attached hydrogens (tertiary/aromatic N) is 1. The molecule has 9 nitrogen and oxygen atoms in total. The van der Waals surface area contributed by atoms with Crippen LogP contribution >= 0.6 is 0 Å². The lowest BCUT2D eigenvalue weighted by Gasteiger charge is -2.20. The fraction of sp³-hybridized carbons (Fsp3) is 0.258. The molecule has 0 aliphatic heterocycles. The molecule has 0 unspecified atom stereocenters. The molecule has 0 atom stereocenters. The van der Waals surface area contributed by atoms with E-state index in [-0.39, 0.29) is 17.3 Å². The second-order valence-corrected chi connectivity index (χ2v) is 11.5. The van der Waals surface area contributed by atoms with Gasteiger partial charge in [0.05, 0.1) is 11.5 Å². The number of rotatable bonds is 14. The molecule has 216 valence electrons. The van der Waals surface area contributed by atoms with Gasteiger partial charge in [0.25, 0.3) is 0 Å². The van der Waals surface area contributed by atoms with Gasteiger partial charge in [0.15, 0.2) is 9.84 Å². The number of likely N-dealkylation sites (N-methyl/N-ethyl adjacent to an activating group) is 1. The molecule has 2 N–H and O–H groups in total. The summed E-state index contributed by atoms with van der Waals surface area (Å²) in [6.07, 6.45) is 1.17. The quantitative estimate of drug-likeness (QED) is 0.194. The SMILES string of the molecule is CCN(CCOCC(=O)O)CCOc1ccc(Oc2c(-c3ccc(S(C)(=O)=O)cc3)ccc3cc(O)ccc23)cc1. The Hall–Kier alpha value is -4.12. The summed E-state index contributed by atoms with van der Waals surface area (Å²) >= 11 is 0. The smallest absolute Gasteiger partial charge is 0.329 e. The number of carboxylic acids is 1. The van der Waals surface area contributed by atoms with Crippen LogP contribution in [0.25, 0.3) is 21.9 Å². The minimum absolute atomic E-state index is 0.143. The summed E-state index contributed by atoms with van der Waals surface area (Å²) in [5.41, 5.74) is 1.56. The Labute approximate surface area is 239 Å². The van der Waals surface area contributed by atoms with E-state index in [1.807, 2.05) is 43.3 Å². The monoisotopic (exact) mass is 579 g/mol. The Morgan fingerprint density at radius 2 is 1.56 bits per heavy atom. The van der Waals surface area contributed by atoms with Crippen molar-refractivity contribution in [2.45, 2.75) is 11.8 Å². The first kappa shape index (κ1) is 29.9. The molecule has 10 heteroatoms. The van der Waals surface area contributed by atoms with Crippen LogP contribution in [0.5, 0.6) is 23.0 Å². The van der Waals surface area contributed by atoms with Gasteiger partial charge in [-0.1, -0.05) is 25.1 Å². The van der Waals surface area contributed by atoms with Crippen LogP contribution in [-0.2, 0) is 19.4 Å². The van der Waals surface area contributed by atoms with Crippen LogP contribution in [0.2, 0.25) is 0 Å². The molecule has 0 saturated carbocycles. The Morgan fingerprint density at radius 1 is 0.878 bits per heavy atom. The van der Waals surface area contributed by atoms with Crippen LogP contribution in [0.3, 0.4) is 0 Å². The molecule has 0 spiro atoms. The molecule has 0 aliphatic rings. The number of aliphatic carboxylic acids is 1. The zero-order valence-electron chi connectivity index (χ0n) is 22.9. The predicted molar refractivity (Wildman–Crippen MR) is 157 cm³/mol. The van der Waals surface area contributed by atoms with Crippen LogP contribution in [0.15, 0.2) is 83.8 Å². The Kier molecular flexibility index (Phi) is 9.82. The molecular formula is C31H33NO8S. The minimum Gasteiger partial charge on any atom is -0.508 e. The first-order chi connectivity index (χ1) is 19.6. The van der Waals surface area contributed by atoms with Crippen molar-refractivity contribution in [3.05, 3.63) is 78.9 Å². The largest absolute Gasteiger partial charge is 0.508 e. The topological polar surface area (TPSA) is 123 Å². The fourth-order valence-electron chi connectivity index (χ4n) is 4.30. The highest BCUT2D eigenvalue weighted by Gasteiger charge is 2.15. The van der Waals surface area contributed by atoms with Crippen molar-refractivity contribution in [1.29, 1.82) is 0 Å². The Morgan fingerprint density at radius 3 is 2.22 bits per heavy atom. The highest BCUT2D eigenvalue weighted by atomic mass is 32.2. The van der Waals surface area contributed by atoms with E-state index >= 15 is 0 Å². The summed E-state index contributed by atoms with van der Waals surface area (Å²) in [5, 5.41) is 20.2. The molecule has 0 aromatic heterocycles. The molecule has 0 amide bonds. The molecule has 0 aliphatic carbocycles. The lowest BCUT2D eigenvalue weighted by Crippen LogP contribution is -2.32. The number of hydrogen-bond donors (Lipinski definition) is 2. The van der Waals surface area contributed by atoms with Crippen LogP contribution in [0.1, 0.15) is 6.92 Å². The van der Waals surface area contributed by atoms with Crippen molar-refractivity contribution in [1.82, 2.24) is 4.90 Å². The average Bonchev–Trinajstić information content (AvgIpc) is 2.94. The van der Waals surface area contributed by atoms with Gasteiger partial charge >= 0.3 is 5.97 Å². The van der Waals surface area contributed by atoms with E-state index in [1.165, 1.54) is 6.26 Å². The Bertz CT molecular complexity index is 1590. The van der Waals surface area contributed by atoms with Gasteiger partial charge in [0.1, 0.15) is 36.2 Å². The van der Waals surface area contributed by atoms with E-state index in [2.05, 4.69) is 4.90 Å². The fourth-order valence-corrected chi connectivity index (χ4v) is 4.93. The molecule has 0 heterocycles. The number of aromatic hydroxyl groups is 1. The van der Waals surface area contributed by atoms with E-state index in [9.17, 15) is 18.3 Å². The second kappa shape index (κ2) is 13.5. The lowest BCUT2D eigenvalue weighted by atomic mass is 9.99. The number of fused-ring (bicyclic) bond motifs is 1. The standard InChI is InChI=1S/C31H33NO8S/c1-3-32(16-18-38-21-30(34)35)17-19-39-25-8-10-26(11-9-25)40-31-28(14-6-23-20-24(33)7-15-29(23)31)22-4-12-27(13-5-22)41(2,36)37/h4-15,20,33H,3,16-19,21H2,1-2H3,(H,34,35). The summed E-state index contributed by atoms with van der Waals surface area (Å²) in [6.45, 7) is 4.57. The summed E-state index contributed by atoms with van der Waals surface area (Å²) in [6, 6.07) is 22.7. The van der Waals surface area contributed by atoms with E-state index in [0.29, 0.717) is 43.6 Å². The maximum atomic E-state index is 11.9. The van der Waals surface area contributed by atoms with Crippen molar-refractivity contribution in [3.63, 3.8) is 0 Å². The first-order valence-electron chi connectivity index (χ1n) is 13.1.